The van der Waals surface area contributed by atoms with Crippen LogP contribution in [0.3, 0.4) is 0 Å². The zero-order chi connectivity index (χ0) is 28.8. The van der Waals surface area contributed by atoms with Gasteiger partial charge >= 0.3 is 19.7 Å². The second kappa shape index (κ2) is 15.5. The molecule has 9 heteroatoms. The molecule has 41 heavy (non-hydrogen) atoms. The number of amides is 1. The summed E-state index contributed by atoms with van der Waals surface area (Å²) in [5.41, 5.74) is 3.12. The molecule has 8 nitrogen and oxygen atoms in total. The Morgan fingerprint density at radius 1 is 0.585 bits per heavy atom. The van der Waals surface area contributed by atoms with Gasteiger partial charge in [-0.3, -0.25) is 9.09 Å². The van der Waals surface area contributed by atoms with Crippen LogP contribution in [0.15, 0.2) is 121 Å². The summed E-state index contributed by atoms with van der Waals surface area (Å²) in [6.07, 6.45) is -0.694. The predicted octanol–water partition coefficient (Wildman–Crippen LogP) is 6.65. The Morgan fingerprint density at radius 3 is 1.54 bits per heavy atom. The molecule has 4 aromatic rings. The monoisotopic (exact) mass is 573 g/mol. The quantitative estimate of drug-likeness (QED) is 0.133. The van der Waals surface area contributed by atoms with Crippen molar-refractivity contribution in [1.29, 1.82) is 0 Å². The first kappa shape index (κ1) is 29.7. The van der Waals surface area contributed by atoms with Gasteiger partial charge in [0.1, 0.15) is 19.0 Å². The molecule has 0 heterocycles. The molecule has 0 fully saturated rings. The van der Waals surface area contributed by atoms with Gasteiger partial charge in [0.05, 0.1) is 6.61 Å². The molecule has 0 aromatic heterocycles. The van der Waals surface area contributed by atoms with Crippen LogP contribution in [-0.4, -0.2) is 24.5 Å². The summed E-state index contributed by atoms with van der Waals surface area (Å²) in [5.74, 6) is -1.87. The molecule has 4 rings (SSSR count). The second-order valence-electron chi connectivity index (χ2n) is 9.13. The summed E-state index contributed by atoms with van der Waals surface area (Å²) >= 11 is 0. The number of hydrogen-bond donors (Lipinski definition) is 1. The predicted molar refractivity (Wildman–Crippen MR) is 155 cm³/mol. The number of alkyl carbamates (subject to hydrolysis) is 1. The number of rotatable bonds is 14. The molecule has 0 spiro atoms. The zero-order valence-corrected chi connectivity index (χ0v) is 23.4. The third kappa shape index (κ3) is 10.0. The average molecular weight is 574 g/mol. The second-order valence-corrected chi connectivity index (χ2v) is 11.3. The summed E-state index contributed by atoms with van der Waals surface area (Å²) in [4.78, 5) is 25.4. The first-order chi connectivity index (χ1) is 20.0. The first-order valence-electron chi connectivity index (χ1n) is 13.1. The Labute approximate surface area is 239 Å². The van der Waals surface area contributed by atoms with Crippen LogP contribution in [0.1, 0.15) is 22.3 Å². The van der Waals surface area contributed by atoms with Crippen LogP contribution in [0.4, 0.5) is 4.79 Å². The Kier molecular flexibility index (Phi) is 11.3. The van der Waals surface area contributed by atoms with Crippen molar-refractivity contribution in [3.63, 3.8) is 0 Å². The highest BCUT2D eigenvalue weighted by atomic mass is 31.2. The van der Waals surface area contributed by atoms with Crippen molar-refractivity contribution in [2.45, 2.75) is 32.0 Å². The fraction of sp³-hybridized carbons (Fsp3) is 0.188. The molecule has 0 aliphatic heterocycles. The third-order valence-corrected chi connectivity index (χ3v) is 8.06. The minimum atomic E-state index is -4.17. The van der Waals surface area contributed by atoms with E-state index in [0.717, 1.165) is 22.3 Å². The van der Waals surface area contributed by atoms with Gasteiger partial charge in [-0.05, 0) is 22.3 Å². The molecule has 1 unspecified atom stereocenters. The van der Waals surface area contributed by atoms with Gasteiger partial charge in [0.25, 0.3) is 0 Å². The molecule has 2 atom stereocenters. The van der Waals surface area contributed by atoms with E-state index in [1.165, 1.54) is 0 Å². The van der Waals surface area contributed by atoms with E-state index >= 15 is 0 Å². The van der Waals surface area contributed by atoms with Crippen molar-refractivity contribution in [3.8, 4) is 0 Å². The standard InChI is InChI=1S/C32H32NO7P/c34-31(37-22-27-15-7-2-8-16-27)25-40-41(36,39-24-29-19-11-4-12-20-29)30(21-26-13-5-1-6-14-26)33-32(35)38-23-28-17-9-3-10-18-28/h1-20,30H,21-25H2,(H,33,35)/t30-,41?/m1/s1. The minimum Gasteiger partial charge on any atom is -0.459 e. The van der Waals surface area contributed by atoms with Crippen LogP contribution in [-0.2, 0) is 54.1 Å². The number of ether oxygens (including phenoxy) is 2. The van der Waals surface area contributed by atoms with Crippen molar-refractivity contribution >= 4 is 19.7 Å². The van der Waals surface area contributed by atoms with Gasteiger partial charge in [-0.25, -0.2) is 9.59 Å². The van der Waals surface area contributed by atoms with E-state index in [2.05, 4.69) is 5.32 Å². The topological polar surface area (TPSA) is 100 Å². The Balaban J connectivity index is 1.50. The molecule has 0 aliphatic carbocycles. The van der Waals surface area contributed by atoms with Crippen LogP contribution in [0, 0.1) is 0 Å². The normalized spacial score (nSPS) is 13.0. The molecular weight excluding hydrogens is 541 g/mol. The number of benzene rings is 4. The molecular formula is C32H32NO7P. The summed E-state index contributed by atoms with van der Waals surface area (Å²) in [6, 6.07) is 36.7. The van der Waals surface area contributed by atoms with Gasteiger partial charge in [0.15, 0.2) is 6.61 Å². The van der Waals surface area contributed by atoms with Gasteiger partial charge < -0.3 is 19.3 Å². The lowest BCUT2D eigenvalue weighted by Crippen LogP contribution is -2.38. The third-order valence-electron chi connectivity index (χ3n) is 6.01. The average Bonchev–Trinajstić information content (AvgIpc) is 3.02. The van der Waals surface area contributed by atoms with E-state index in [4.69, 9.17) is 18.5 Å². The lowest BCUT2D eigenvalue weighted by Gasteiger charge is -2.27. The minimum absolute atomic E-state index is 0.0204. The summed E-state index contributed by atoms with van der Waals surface area (Å²) in [6.45, 7) is -0.642. The number of esters is 1. The Morgan fingerprint density at radius 2 is 1.02 bits per heavy atom. The fourth-order valence-electron chi connectivity index (χ4n) is 3.86. The van der Waals surface area contributed by atoms with Crippen LogP contribution >= 0.6 is 7.60 Å². The number of carbonyl (C=O) groups is 2. The van der Waals surface area contributed by atoms with Gasteiger partial charge in [-0.15, -0.1) is 0 Å². The molecule has 0 aliphatic rings. The Hall–Kier alpha value is -4.23. The van der Waals surface area contributed by atoms with Gasteiger partial charge in [0, 0.05) is 6.42 Å². The first-order valence-corrected chi connectivity index (χ1v) is 14.7. The molecule has 1 N–H and O–H groups in total. The van der Waals surface area contributed by atoms with E-state index in [9.17, 15) is 14.2 Å². The molecule has 0 saturated carbocycles. The highest BCUT2D eigenvalue weighted by molar-refractivity contribution is 7.54. The zero-order valence-electron chi connectivity index (χ0n) is 22.5. The molecule has 212 valence electrons. The summed E-state index contributed by atoms with van der Waals surface area (Å²) < 4.78 is 36.6. The lowest BCUT2D eigenvalue weighted by molar-refractivity contribution is -0.147. The van der Waals surface area contributed by atoms with Crippen LogP contribution < -0.4 is 5.32 Å². The van der Waals surface area contributed by atoms with Crippen LogP contribution in [0.5, 0.6) is 0 Å². The van der Waals surface area contributed by atoms with E-state index in [-0.39, 0.29) is 26.2 Å². The van der Waals surface area contributed by atoms with E-state index < -0.39 is 32.0 Å². The van der Waals surface area contributed by atoms with Crippen molar-refractivity contribution in [3.05, 3.63) is 144 Å². The van der Waals surface area contributed by atoms with Crippen molar-refractivity contribution < 1.29 is 32.7 Å². The van der Waals surface area contributed by atoms with Crippen LogP contribution in [0.25, 0.3) is 0 Å². The SMILES string of the molecule is O=C(COP(=O)(OCc1ccccc1)[C@H](Cc1ccccc1)NC(=O)OCc1ccccc1)OCc1ccccc1. The van der Waals surface area contributed by atoms with Crippen molar-refractivity contribution in [1.82, 2.24) is 5.32 Å². The van der Waals surface area contributed by atoms with Crippen molar-refractivity contribution in [2.24, 2.45) is 0 Å². The lowest BCUT2D eigenvalue weighted by atomic mass is 10.1. The maximum Gasteiger partial charge on any atom is 0.408 e. The Bertz CT molecular complexity index is 1400. The number of carbonyl (C=O) groups excluding carboxylic acids is 2. The van der Waals surface area contributed by atoms with Gasteiger partial charge in [-0.2, -0.15) is 0 Å². The smallest absolute Gasteiger partial charge is 0.408 e. The largest absolute Gasteiger partial charge is 0.459 e. The summed E-state index contributed by atoms with van der Waals surface area (Å²) in [5, 5.41) is 2.67. The highest BCUT2D eigenvalue weighted by Crippen LogP contribution is 2.54. The molecule has 0 radical (unpaired) electrons. The maximum absolute atomic E-state index is 14.4. The fourth-order valence-corrected chi connectivity index (χ4v) is 5.61. The molecule has 4 aromatic carbocycles. The van der Waals surface area contributed by atoms with Gasteiger partial charge in [-0.1, -0.05) is 121 Å². The molecule has 0 bridgehead atoms. The highest BCUT2D eigenvalue weighted by Gasteiger charge is 2.39. The molecule has 0 saturated heterocycles. The number of nitrogens with one attached hydrogen (secondary N) is 1. The van der Waals surface area contributed by atoms with E-state index in [0.29, 0.717) is 0 Å². The van der Waals surface area contributed by atoms with Gasteiger partial charge in [0.2, 0.25) is 0 Å². The molecule has 1 amide bonds. The number of hydrogen-bond acceptors (Lipinski definition) is 7. The van der Waals surface area contributed by atoms with E-state index in [1.54, 1.807) is 0 Å². The summed E-state index contributed by atoms with van der Waals surface area (Å²) in [7, 11) is -4.17. The van der Waals surface area contributed by atoms with Crippen molar-refractivity contribution in [2.75, 3.05) is 6.61 Å². The van der Waals surface area contributed by atoms with Crippen LogP contribution in [0.2, 0.25) is 0 Å². The maximum atomic E-state index is 14.4. The van der Waals surface area contributed by atoms with E-state index in [1.807, 2.05) is 121 Å².